The zero-order valence-electron chi connectivity index (χ0n) is 11.6. The number of nitrogens with zero attached hydrogens (tertiary/aromatic N) is 1. The molecule has 1 rings (SSSR count). The Kier molecular flexibility index (Phi) is 4.94. The van der Waals surface area contributed by atoms with Crippen LogP contribution >= 0.6 is 0 Å². The van der Waals surface area contributed by atoms with Gasteiger partial charge in [-0.3, -0.25) is 4.79 Å². The summed E-state index contributed by atoms with van der Waals surface area (Å²) < 4.78 is 1.85. The van der Waals surface area contributed by atoms with E-state index in [4.69, 9.17) is 0 Å². The summed E-state index contributed by atoms with van der Waals surface area (Å²) in [7, 11) is 0. The van der Waals surface area contributed by atoms with E-state index in [0.717, 1.165) is 17.7 Å². The Morgan fingerprint density at radius 1 is 1.29 bits per heavy atom. The van der Waals surface area contributed by atoms with Gasteiger partial charge in [-0.15, -0.1) is 0 Å². The normalized spacial score (nSPS) is 13.1. The first-order chi connectivity index (χ1) is 7.97. The third kappa shape index (κ3) is 3.43. The van der Waals surface area contributed by atoms with Crippen LogP contribution in [0.2, 0.25) is 0 Å². The summed E-state index contributed by atoms with van der Waals surface area (Å²) in [6.07, 6.45) is 1.07. The highest BCUT2D eigenvalue weighted by Crippen LogP contribution is 2.06. The highest BCUT2D eigenvalue weighted by molar-refractivity contribution is 5.16. The van der Waals surface area contributed by atoms with Gasteiger partial charge in [-0.05, 0) is 40.2 Å². The van der Waals surface area contributed by atoms with Gasteiger partial charge in [0.05, 0.1) is 0 Å². The maximum Gasteiger partial charge on any atom is 0.255 e. The molecule has 17 heavy (non-hydrogen) atoms. The van der Waals surface area contributed by atoms with Crippen molar-refractivity contribution in [1.29, 1.82) is 0 Å². The molecule has 0 aliphatic carbocycles. The average Bonchev–Trinajstić information content (AvgIpc) is 2.27. The summed E-state index contributed by atoms with van der Waals surface area (Å²) in [5, 5.41) is 3.36. The molecular weight excluding hydrogens is 212 g/mol. The average molecular weight is 236 g/mol. The Balaban J connectivity index is 2.95. The third-order valence-electron chi connectivity index (χ3n) is 3.17. The maximum absolute atomic E-state index is 12.3. The monoisotopic (exact) mass is 236 g/mol. The van der Waals surface area contributed by atoms with Crippen molar-refractivity contribution in [2.45, 2.75) is 59.7 Å². The van der Waals surface area contributed by atoms with Crippen LogP contribution in [0.1, 0.15) is 51.4 Å². The second kappa shape index (κ2) is 6.01. The van der Waals surface area contributed by atoms with Crippen molar-refractivity contribution in [2.75, 3.05) is 0 Å². The van der Waals surface area contributed by atoms with E-state index < -0.39 is 0 Å². The Labute approximate surface area is 104 Å². The van der Waals surface area contributed by atoms with Crippen LogP contribution < -0.4 is 10.9 Å². The molecule has 0 saturated heterocycles. The van der Waals surface area contributed by atoms with Crippen LogP contribution in [-0.2, 0) is 6.54 Å². The van der Waals surface area contributed by atoms with Gasteiger partial charge in [0.15, 0.2) is 0 Å². The van der Waals surface area contributed by atoms with Gasteiger partial charge in [0, 0.05) is 29.9 Å². The molecule has 3 nitrogen and oxygen atoms in total. The minimum Gasteiger partial charge on any atom is -0.310 e. The van der Waals surface area contributed by atoms with Gasteiger partial charge in [0.1, 0.15) is 0 Å². The van der Waals surface area contributed by atoms with E-state index in [9.17, 15) is 4.79 Å². The van der Waals surface area contributed by atoms with Crippen LogP contribution in [0, 0.1) is 6.92 Å². The number of nitrogens with one attached hydrogen (secondary N) is 1. The number of hydrogen-bond acceptors (Lipinski definition) is 2. The minimum absolute atomic E-state index is 0.135. The Hall–Kier alpha value is -1.09. The predicted octanol–water partition coefficient (Wildman–Crippen LogP) is 2.63. The molecule has 0 aliphatic heterocycles. The fourth-order valence-electron chi connectivity index (χ4n) is 1.89. The smallest absolute Gasteiger partial charge is 0.255 e. The number of aromatic nitrogens is 1. The summed E-state index contributed by atoms with van der Waals surface area (Å²) in [4.78, 5) is 12.3. The topological polar surface area (TPSA) is 34.0 Å². The first-order valence-corrected chi connectivity index (χ1v) is 6.41. The number of hydrogen-bond donors (Lipinski definition) is 1. The molecule has 0 amide bonds. The van der Waals surface area contributed by atoms with Crippen LogP contribution in [0.15, 0.2) is 16.9 Å². The molecule has 0 spiro atoms. The lowest BCUT2D eigenvalue weighted by atomic mass is 10.2. The van der Waals surface area contributed by atoms with Gasteiger partial charge >= 0.3 is 0 Å². The second-order valence-corrected chi connectivity index (χ2v) is 4.96. The second-order valence-electron chi connectivity index (χ2n) is 4.96. The van der Waals surface area contributed by atoms with Crippen LogP contribution in [0.5, 0.6) is 0 Å². The fraction of sp³-hybridized carbons (Fsp3) is 0.643. The molecule has 0 aliphatic rings. The number of rotatable bonds is 5. The molecule has 0 aromatic carbocycles. The lowest BCUT2D eigenvalue weighted by Gasteiger charge is -2.16. The maximum atomic E-state index is 12.3. The summed E-state index contributed by atoms with van der Waals surface area (Å²) in [6, 6.07) is 4.62. The van der Waals surface area contributed by atoms with Gasteiger partial charge in [0.25, 0.3) is 5.56 Å². The highest BCUT2D eigenvalue weighted by Gasteiger charge is 2.09. The minimum atomic E-state index is 0.135. The lowest BCUT2D eigenvalue weighted by molar-refractivity contribution is 0.518. The first kappa shape index (κ1) is 14.0. The Morgan fingerprint density at radius 3 is 2.47 bits per heavy atom. The third-order valence-corrected chi connectivity index (χ3v) is 3.17. The SMILES string of the molecule is CCC(C)NCc1ccc(C)n(C(C)C)c1=O. The Morgan fingerprint density at radius 2 is 1.94 bits per heavy atom. The van der Waals surface area contributed by atoms with E-state index in [2.05, 4.69) is 19.2 Å². The van der Waals surface area contributed by atoms with Crippen molar-refractivity contribution in [1.82, 2.24) is 9.88 Å². The fourth-order valence-corrected chi connectivity index (χ4v) is 1.89. The molecule has 1 heterocycles. The van der Waals surface area contributed by atoms with Crippen LogP contribution in [0.4, 0.5) is 0 Å². The molecule has 1 aromatic heterocycles. The van der Waals surface area contributed by atoms with E-state index >= 15 is 0 Å². The van der Waals surface area contributed by atoms with E-state index in [-0.39, 0.29) is 11.6 Å². The lowest BCUT2D eigenvalue weighted by Crippen LogP contribution is -2.32. The molecule has 3 heteroatoms. The molecule has 0 saturated carbocycles. The van der Waals surface area contributed by atoms with Crippen molar-refractivity contribution in [3.8, 4) is 0 Å². The summed E-state index contributed by atoms with van der Waals surface area (Å²) >= 11 is 0. The van der Waals surface area contributed by atoms with Gasteiger partial charge in [-0.2, -0.15) is 0 Å². The molecule has 1 N–H and O–H groups in total. The molecule has 0 radical (unpaired) electrons. The zero-order valence-corrected chi connectivity index (χ0v) is 11.6. The van der Waals surface area contributed by atoms with Gasteiger partial charge in [-0.1, -0.05) is 13.0 Å². The van der Waals surface area contributed by atoms with E-state index in [0.29, 0.717) is 12.6 Å². The molecule has 1 unspecified atom stereocenters. The van der Waals surface area contributed by atoms with Gasteiger partial charge in [-0.25, -0.2) is 0 Å². The highest BCUT2D eigenvalue weighted by atomic mass is 16.1. The molecular formula is C14H24N2O. The molecule has 96 valence electrons. The van der Waals surface area contributed by atoms with Crippen molar-refractivity contribution >= 4 is 0 Å². The predicted molar refractivity (Wildman–Crippen MR) is 72.4 cm³/mol. The standard InChI is InChI=1S/C14H24N2O/c1-6-11(4)15-9-13-8-7-12(5)16(10(2)3)14(13)17/h7-8,10-11,15H,6,9H2,1-5H3. The molecule has 0 bridgehead atoms. The summed E-state index contributed by atoms with van der Waals surface area (Å²) in [5.41, 5.74) is 2.01. The van der Waals surface area contributed by atoms with E-state index in [1.54, 1.807) is 0 Å². The van der Waals surface area contributed by atoms with Crippen LogP contribution in [0.3, 0.4) is 0 Å². The van der Waals surface area contributed by atoms with E-state index in [1.165, 1.54) is 0 Å². The van der Waals surface area contributed by atoms with E-state index in [1.807, 2.05) is 37.5 Å². The molecule has 1 atom stereocenters. The first-order valence-electron chi connectivity index (χ1n) is 6.41. The van der Waals surface area contributed by atoms with Crippen LogP contribution in [0.25, 0.3) is 0 Å². The molecule has 0 fully saturated rings. The van der Waals surface area contributed by atoms with Crippen molar-refractivity contribution in [3.05, 3.63) is 33.7 Å². The van der Waals surface area contributed by atoms with Crippen molar-refractivity contribution in [2.24, 2.45) is 0 Å². The number of pyridine rings is 1. The van der Waals surface area contributed by atoms with Crippen LogP contribution in [-0.4, -0.2) is 10.6 Å². The summed E-state index contributed by atoms with van der Waals surface area (Å²) in [5.74, 6) is 0. The quantitative estimate of drug-likeness (QED) is 0.852. The van der Waals surface area contributed by atoms with Gasteiger partial charge in [0.2, 0.25) is 0 Å². The summed E-state index contributed by atoms with van der Waals surface area (Å²) in [6.45, 7) is 11.0. The zero-order chi connectivity index (χ0) is 13.0. The van der Waals surface area contributed by atoms with Crippen molar-refractivity contribution in [3.63, 3.8) is 0 Å². The van der Waals surface area contributed by atoms with Gasteiger partial charge < -0.3 is 9.88 Å². The van der Waals surface area contributed by atoms with Crippen molar-refractivity contribution < 1.29 is 0 Å². The Bertz CT molecular complexity index is 421. The number of aryl methyl sites for hydroxylation is 1. The molecule has 1 aromatic rings. The largest absolute Gasteiger partial charge is 0.310 e.